The van der Waals surface area contributed by atoms with Gasteiger partial charge < -0.3 is 14.5 Å². The number of H-pyrrole nitrogens is 1. The van der Waals surface area contributed by atoms with Gasteiger partial charge in [-0.05, 0) is 30.7 Å². The minimum atomic E-state index is -0.268. The highest BCUT2D eigenvalue weighted by atomic mass is 16.5. The zero-order chi connectivity index (χ0) is 15.2. The smallest absolute Gasteiger partial charge is 0.311 e. The van der Waals surface area contributed by atoms with Crippen LogP contribution in [0.5, 0.6) is 11.5 Å². The standard InChI is InChI=1S/C17H16N2O3/c20-17(7-4-10-21-13-5-2-1-3-6-13)22-14-8-9-15-16(11-14)19-12-18-15/h1-3,5-6,8-9,11-12H,4,7,10H2,(H,18,19). The maximum atomic E-state index is 11.8. The number of hydrogen-bond acceptors (Lipinski definition) is 4. The summed E-state index contributed by atoms with van der Waals surface area (Å²) in [5, 5.41) is 0. The quantitative estimate of drug-likeness (QED) is 0.430. The largest absolute Gasteiger partial charge is 0.494 e. The van der Waals surface area contributed by atoms with Crippen LogP contribution in [0.25, 0.3) is 11.0 Å². The van der Waals surface area contributed by atoms with Gasteiger partial charge in [-0.1, -0.05) is 18.2 Å². The van der Waals surface area contributed by atoms with Crippen molar-refractivity contribution in [3.63, 3.8) is 0 Å². The summed E-state index contributed by atoms with van der Waals surface area (Å²) >= 11 is 0. The molecule has 0 bridgehead atoms. The van der Waals surface area contributed by atoms with Crippen molar-refractivity contribution in [2.24, 2.45) is 0 Å². The first-order valence-electron chi connectivity index (χ1n) is 7.13. The van der Waals surface area contributed by atoms with Crippen molar-refractivity contribution >= 4 is 17.0 Å². The monoisotopic (exact) mass is 296 g/mol. The molecule has 0 amide bonds. The van der Waals surface area contributed by atoms with Gasteiger partial charge >= 0.3 is 5.97 Å². The summed E-state index contributed by atoms with van der Waals surface area (Å²) in [5.74, 6) is 1.06. The van der Waals surface area contributed by atoms with Crippen LogP contribution >= 0.6 is 0 Å². The fraction of sp³-hybridized carbons (Fsp3) is 0.176. The zero-order valence-corrected chi connectivity index (χ0v) is 12.0. The van der Waals surface area contributed by atoms with E-state index >= 15 is 0 Å². The predicted octanol–water partition coefficient (Wildman–Crippen LogP) is 3.33. The van der Waals surface area contributed by atoms with Crippen molar-refractivity contribution in [3.8, 4) is 11.5 Å². The van der Waals surface area contributed by atoms with Gasteiger partial charge in [-0.25, -0.2) is 4.98 Å². The Morgan fingerprint density at radius 2 is 1.95 bits per heavy atom. The molecule has 0 atom stereocenters. The van der Waals surface area contributed by atoms with Gasteiger partial charge in [-0.15, -0.1) is 0 Å². The number of hydrogen-bond donors (Lipinski definition) is 1. The van der Waals surface area contributed by atoms with Gasteiger partial charge in [0.05, 0.1) is 24.0 Å². The number of aromatic amines is 1. The SMILES string of the molecule is O=C(CCCOc1ccccc1)Oc1ccc2nc[nH]c2c1. The van der Waals surface area contributed by atoms with E-state index in [2.05, 4.69) is 9.97 Å². The Morgan fingerprint density at radius 1 is 1.09 bits per heavy atom. The summed E-state index contributed by atoms with van der Waals surface area (Å²) in [7, 11) is 0. The molecule has 0 saturated carbocycles. The van der Waals surface area contributed by atoms with E-state index in [4.69, 9.17) is 9.47 Å². The fourth-order valence-corrected chi connectivity index (χ4v) is 2.08. The number of para-hydroxylation sites is 1. The third kappa shape index (κ3) is 3.63. The molecule has 0 aliphatic rings. The predicted molar refractivity (Wildman–Crippen MR) is 82.9 cm³/mol. The number of nitrogens with one attached hydrogen (secondary N) is 1. The van der Waals surface area contributed by atoms with E-state index in [-0.39, 0.29) is 5.97 Å². The molecule has 0 saturated heterocycles. The third-order valence-electron chi connectivity index (χ3n) is 3.16. The van der Waals surface area contributed by atoms with E-state index in [0.717, 1.165) is 16.8 Å². The van der Waals surface area contributed by atoms with E-state index in [0.29, 0.717) is 25.2 Å². The molecule has 22 heavy (non-hydrogen) atoms. The van der Waals surface area contributed by atoms with E-state index in [1.165, 1.54) is 0 Å². The number of ether oxygens (including phenoxy) is 2. The van der Waals surface area contributed by atoms with Gasteiger partial charge in [0.1, 0.15) is 11.5 Å². The van der Waals surface area contributed by atoms with Gasteiger partial charge in [-0.2, -0.15) is 0 Å². The minimum absolute atomic E-state index is 0.268. The molecule has 0 aliphatic heterocycles. The molecule has 0 spiro atoms. The van der Waals surface area contributed by atoms with Gasteiger partial charge in [0, 0.05) is 12.5 Å². The maximum absolute atomic E-state index is 11.8. The van der Waals surface area contributed by atoms with Gasteiger partial charge in [0.2, 0.25) is 0 Å². The average Bonchev–Trinajstić information content (AvgIpc) is 3.00. The van der Waals surface area contributed by atoms with Crippen molar-refractivity contribution in [2.75, 3.05) is 6.61 Å². The molecular weight excluding hydrogens is 280 g/mol. The Hall–Kier alpha value is -2.82. The van der Waals surface area contributed by atoms with E-state index in [1.54, 1.807) is 18.5 Å². The Kier molecular flexibility index (Phi) is 4.34. The molecule has 112 valence electrons. The zero-order valence-electron chi connectivity index (χ0n) is 12.0. The second kappa shape index (κ2) is 6.76. The third-order valence-corrected chi connectivity index (χ3v) is 3.16. The fourth-order valence-electron chi connectivity index (χ4n) is 2.08. The summed E-state index contributed by atoms with van der Waals surface area (Å²) in [6.45, 7) is 0.485. The van der Waals surface area contributed by atoms with Crippen molar-refractivity contribution in [1.82, 2.24) is 9.97 Å². The van der Waals surface area contributed by atoms with Gasteiger partial charge in [0.25, 0.3) is 0 Å². The van der Waals surface area contributed by atoms with E-state index in [9.17, 15) is 4.79 Å². The molecule has 1 N–H and O–H groups in total. The van der Waals surface area contributed by atoms with Crippen LogP contribution in [0.15, 0.2) is 54.9 Å². The summed E-state index contributed by atoms with van der Waals surface area (Å²) in [4.78, 5) is 18.9. The van der Waals surface area contributed by atoms with Crippen molar-refractivity contribution < 1.29 is 14.3 Å². The molecule has 2 aromatic carbocycles. The number of esters is 1. The average molecular weight is 296 g/mol. The van der Waals surface area contributed by atoms with Crippen LogP contribution in [0.4, 0.5) is 0 Å². The Labute approximate surface area is 127 Å². The van der Waals surface area contributed by atoms with Crippen LogP contribution in [-0.4, -0.2) is 22.5 Å². The number of carbonyl (C=O) groups excluding carboxylic acids is 1. The second-order valence-electron chi connectivity index (χ2n) is 4.82. The molecular formula is C17H16N2O3. The van der Waals surface area contributed by atoms with Gasteiger partial charge in [0.15, 0.2) is 0 Å². The Bertz CT molecular complexity index is 753. The summed E-state index contributed by atoms with van der Waals surface area (Å²) < 4.78 is 10.8. The molecule has 0 aliphatic carbocycles. The molecule has 0 radical (unpaired) electrons. The van der Waals surface area contributed by atoms with E-state index in [1.807, 2.05) is 36.4 Å². The molecule has 5 heteroatoms. The molecule has 5 nitrogen and oxygen atoms in total. The minimum Gasteiger partial charge on any atom is -0.494 e. The molecule has 3 rings (SSSR count). The number of fused-ring (bicyclic) bond motifs is 1. The number of rotatable bonds is 6. The first-order valence-corrected chi connectivity index (χ1v) is 7.13. The van der Waals surface area contributed by atoms with Crippen LogP contribution in [0.1, 0.15) is 12.8 Å². The summed E-state index contributed by atoms with van der Waals surface area (Å²) in [6.07, 6.45) is 2.53. The Balaban J connectivity index is 1.44. The van der Waals surface area contributed by atoms with Crippen LogP contribution < -0.4 is 9.47 Å². The summed E-state index contributed by atoms with van der Waals surface area (Å²) in [5.41, 5.74) is 1.69. The van der Waals surface area contributed by atoms with E-state index < -0.39 is 0 Å². The lowest BCUT2D eigenvalue weighted by Crippen LogP contribution is -2.09. The number of aromatic nitrogens is 2. The summed E-state index contributed by atoms with van der Waals surface area (Å²) in [6, 6.07) is 14.8. The van der Waals surface area contributed by atoms with Crippen LogP contribution in [0.2, 0.25) is 0 Å². The number of carbonyl (C=O) groups is 1. The number of benzene rings is 2. The lowest BCUT2D eigenvalue weighted by atomic mass is 10.3. The van der Waals surface area contributed by atoms with Gasteiger partial charge in [-0.3, -0.25) is 4.79 Å². The molecule has 1 heterocycles. The topological polar surface area (TPSA) is 64.2 Å². The highest BCUT2D eigenvalue weighted by Crippen LogP contribution is 2.18. The first kappa shape index (κ1) is 14.1. The van der Waals surface area contributed by atoms with Crippen LogP contribution in [0, 0.1) is 0 Å². The van der Waals surface area contributed by atoms with Crippen molar-refractivity contribution in [1.29, 1.82) is 0 Å². The van der Waals surface area contributed by atoms with Crippen LogP contribution in [-0.2, 0) is 4.79 Å². The van der Waals surface area contributed by atoms with Crippen molar-refractivity contribution in [2.45, 2.75) is 12.8 Å². The molecule has 1 aromatic heterocycles. The first-order chi connectivity index (χ1) is 10.8. The molecule has 0 fully saturated rings. The highest BCUT2D eigenvalue weighted by Gasteiger charge is 2.06. The Morgan fingerprint density at radius 3 is 2.82 bits per heavy atom. The van der Waals surface area contributed by atoms with Crippen molar-refractivity contribution in [3.05, 3.63) is 54.9 Å². The highest BCUT2D eigenvalue weighted by molar-refractivity contribution is 5.78. The lowest BCUT2D eigenvalue weighted by Gasteiger charge is -2.06. The lowest BCUT2D eigenvalue weighted by molar-refractivity contribution is -0.134. The molecule has 0 unspecified atom stereocenters. The van der Waals surface area contributed by atoms with Crippen LogP contribution in [0.3, 0.4) is 0 Å². The maximum Gasteiger partial charge on any atom is 0.311 e. The number of nitrogens with zero attached hydrogens (tertiary/aromatic N) is 1. The second-order valence-corrected chi connectivity index (χ2v) is 4.82. The normalized spacial score (nSPS) is 10.5. The number of imidazole rings is 1. The molecule has 3 aromatic rings.